The van der Waals surface area contributed by atoms with Gasteiger partial charge in [0.2, 0.25) is 0 Å². The molecular formula is C21H25N3O5. The lowest BCUT2D eigenvalue weighted by molar-refractivity contribution is -0.385. The van der Waals surface area contributed by atoms with Gasteiger partial charge in [0, 0.05) is 32.2 Å². The van der Waals surface area contributed by atoms with E-state index in [1.54, 1.807) is 19.1 Å². The van der Waals surface area contributed by atoms with Gasteiger partial charge in [-0.2, -0.15) is 0 Å². The van der Waals surface area contributed by atoms with E-state index in [1.807, 2.05) is 18.2 Å². The van der Waals surface area contributed by atoms with Crippen LogP contribution in [0, 0.1) is 17.0 Å². The number of morpholine rings is 1. The number of nitro groups is 1. The molecule has 1 saturated heterocycles. The molecule has 1 fully saturated rings. The minimum Gasteiger partial charge on any atom is -0.477 e. The first kappa shape index (κ1) is 20.8. The van der Waals surface area contributed by atoms with Gasteiger partial charge in [-0.1, -0.05) is 36.4 Å². The number of benzene rings is 2. The third-order valence-corrected chi connectivity index (χ3v) is 4.67. The number of ether oxygens (including phenoxy) is 2. The van der Waals surface area contributed by atoms with Crippen molar-refractivity contribution in [3.05, 3.63) is 69.8 Å². The topological polar surface area (TPSA) is 93.9 Å². The maximum absolute atomic E-state index is 12.1. The van der Waals surface area contributed by atoms with Crippen LogP contribution in [0.25, 0.3) is 0 Å². The highest BCUT2D eigenvalue weighted by Gasteiger charge is 2.21. The quantitative estimate of drug-likeness (QED) is 0.541. The molecule has 1 N–H and O–H groups in total. The minimum atomic E-state index is -0.524. The fourth-order valence-electron chi connectivity index (χ4n) is 3.20. The summed E-state index contributed by atoms with van der Waals surface area (Å²) in [4.78, 5) is 25.0. The van der Waals surface area contributed by atoms with E-state index in [4.69, 9.17) is 9.47 Å². The molecule has 29 heavy (non-hydrogen) atoms. The lowest BCUT2D eigenvalue weighted by Crippen LogP contribution is -2.47. The van der Waals surface area contributed by atoms with Crippen LogP contribution in [0.2, 0.25) is 0 Å². The molecule has 1 amide bonds. The molecule has 1 atom stereocenters. The van der Waals surface area contributed by atoms with E-state index >= 15 is 0 Å². The Morgan fingerprint density at radius 1 is 1.31 bits per heavy atom. The minimum absolute atomic E-state index is 0.0908. The Bertz CT molecular complexity index is 843. The van der Waals surface area contributed by atoms with Gasteiger partial charge in [-0.3, -0.25) is 19.8 Å². The van der Waals surface area contributed by atoms with Crippen molar-refractivity contribution in [1.29, 1.82) is 0 Å². The van der Waals surface area contributed by atoms with Crippen LogP contribution >= 0.6 is 0 Å². The molecule has 154 valence electrons. The van der Waals surface area contributed by atoms with Crippen LogP contribution in [-0.4, -0.2) is 54.7 Å². The second-order valence-corrected chi connectivity index (χ2v) is 7.03. The first-order valence-corrected chi connectivity index (χ1v) is 9.53. The van der Waals surface area contributed by atoms with Crippen molar-refractivity contribution >= 4 is 11.6 Å². The van der Waals surface area contributed by atoms with Gasteiger partial charge in [0.05, 0.1) is 17.6 Å². The fraction of sp³-hybridized carbons (Fsp3) is 0.381. The highest BCUT2D eigenvalue weighted by Crippen LogP contribution is 2.27. The van der Waals surface area contributed by atoms with Gasteiger partial charge in [0.25, 0.3) is 5.91 Å². The van der Waals surface area contributed by atoms with Crippen molar-refractivity contribution in [3.8, 4) is 5.75 Å². The van der Waals surface area contributed by atoms with Crippen LogP contribution in [0.1, 0.15) is 11.1 Å². The van der Waals surface area contributed by atoms with Crippen molar-refractivity contribution in [2.45, 2.75) is 19.6 Å². The SMILES string of the molecule is Cc1ccc([N+](=O)[O-])c(OCC(=O)NCC2CN(Cc3ccccc3)CCO2)c1. The van der Waals surface area contributed by atoms with E-state index in [9.17, 15) is 14.9 Å². The molecule has 0 bridgehead atoms. The van der Waals surface area contributed by atoms with E-state index in [-0.39, 0.29) is 30.1 Å². The largest absolute Gasteiger partial charge is 0.477 e. The Morgan fingerprint density at radius 2 is 2.10 bits per heavy atom. The summed E-state index contributed by atoms with van der Waals surface area (Å²) in [5, 5.41) is 13.9. The van der Waals surface area contributed by atoms with E-state index in [0.29, 0.717) is 13.2 Å². The third-order valence-electron chi connectivity index (χ3n) is 4.67. The normalized spacial score (nSPS) is 16.9. The van der Waals surface area contributed by atoms with Crippen molar-refractivity contribution in [2.24, 2.45) is 0 Å². The molecule has 2 aromatic rings. The predicted molar refractivity (Wildman–Crippen MR) is 108 cm³/mol. The Labute approximate surface area is 169 Å². The summed E-state index contributed by atoms with van der Waals surface area (Å²) in [5.41, 5.74) is 1.90. The molecule has 0 spiro atoms. The van der Waals surface area contributed by atoms with Gasteiger partial charge in [0.15, 0.2) is 12.4 Å². The zero-order valence-electron chi connectivity index (χ0n) is 16.4. The number of hydrogen-bond donors (Lipinski definition) is 1. The molecule has 1 unspecified atom stereocenters. The van der Waals surface area contributed by atoms with Gasteiger partial charge in [0.1, 0.15) is 0 Å². The van der Waals surface area contributed by atoms with E-state index in [1.165, 1.54) is 11.6 Å². The zero-order chi connectivity index (χ0) is 20.6. The van der Waals surface area contributed by atoms with Crippen molar-refractivity contribution in [1.82, 2.24) is 10.2 Å². The lowest BCUT2D eigenvalue weighted by Gasteiger charge is -2.33. The number of nitrogens with zero attached hydrogens (tertiary/aromatic N) is 2. The van der Waals surface area contributed by atoms with Crippen molar-refractivity contribution < 1.29 is 19.2 Å². The van der Waals surface area contributed by atoms with E-state index in [0.717, 1.165) is 25.2 Å². The number of rotatable bonds is 8. The number of nitrogens with one attached hydrogen (secondary N) is 1. The number of amides is 1. The molecule has 3 rings (SSSR count). The number of carbonyl (C=O) groups excluding carboxylic acids is 1. The number of hydrogen-bond acceptors (Lipinski definition) is 6. The molecule has 0 aromatic heterocycles. The average molecular weight is 399 g/mol. The maximum atomic E-state index is 12.1. The smallest absolute Gasteiger partial charge is 0.310 e. The first-order valence-electron chi connectivity index (χ1n) is 9.53. The standard InChI is InChI=1S/C21H25N3O5/c1-16-7-8-19(24(26)27)20(11-16)29-15-21(25)22-12-18-14-23(9-10-28-18)13-17-5-3-2-4-6-17/h2-8,11,18H,9-10,12-15H2,1H3,(H,22,25). The molecule has 1 aliphatic rings. The van der Waals surface area contributed by atoms with Crippen LogP contribution in [0.3, 0.4) is 0 Å². The second kappa shape index (κ2) is 9.99. The number of aryl methyl sites for hydroxylation is 1. The molecule has 2 aromatic carbocycles. The molecular weight excluding hydrogens is 374 g/mol. The highest BCUT2D eigenvalue weighted by molar-refractivity contribution is 5.77. The monoisotopic (exact) mass is 399 g/mol. The van der Waals surface area contributed by atoms with Gasteiger partial charge in [-0.25, -0.2) is 0 Å². The molecule has 8 nitrogen and oxygen atoms in total. The van der Waals surface area contributed by atoms with Gasteiger partial charge in [-0.05, 0) is 24.1 Å². The van der Waals surface area contributed by atoms with Crippen LogP contribution in [0.4, 0.5) is 5.69 Å². The Balaban J connectivity index is 1.45. The summed E-state index contributed by atoms with van der Waals surface area (Å²) in [6.45, 7) is 4.90. The van der Waals surface area contributed by atoms with Gasteiger partial charge in [-0.15, -0.1) is 0 Å². The Morgan fingerprint density at radius 3 is 2.86 bits per heavy atom. The average Bonchev–Trinajstić information content (AvgIpc) is 2.71. The van der Waals surface area contributed by atoms with Crippen LogP contribution in [0.5, 0.6) is 5.75 Å². The first-order chi connectivity index (χ1) is 14.0. The highest BCUT2D eigenvalue weighted by atomic mass is 16.6. The van der Waals surface area contributed by atoms with Crippen molar-refractivity contribution in [3.63, 3.8) is 0 Å². The summed E-state index contributed by atoms with van der Waals surface area (Å²) < 4.78 is 11.1. The van der Waals surface area contributed by atoms with E-state index < -0.39 is 4.92 Å². The molecule has 1 aliphatic heterocycles. The molecule has 0 saturated carbocycles. The lowest BCUT2D eigenvalue weighted by atomic mass is 10.2. The Hall–Kier alpha value is -2.97. The van der Waals surface area contributed by atoms with Gasteiger partial charge < -0.3 is 14.8 Å². The maximum Gasteiger partial charge on any atom is 0.310 e. The van der Waals surface area contributed by atoms with Crippen LogP contribution < -0.4 is 10.1 Å². The zero-order valence-corrected chi connectivity index (χ0v) is 16.4. The summed E-state index contributed by atoms with van der Waals surface area (Å²) in [7, 11) is 0. The fourth-order valence-corrected chi connectivity index (χ4v) is 3.20. The summed E-state index contributed by atoms with van der Waals surface area (Å²) in [6, 6.07) is 14.8. The van der Waals surface area contributed by atoms with Gasteiger partial charge >= 0.3 is 5.69 Å². The third kappa shape index (κ3) is 6.27. The summed E-state index contributed by atoms with van der Waals surface area (Å²) >= 11 is 0. The van der Waals surface area contributed by atoms with Crippen LogP contribution in [0.15, 0.2) is 48.5 Å². The van der Waals surface area contributed by atoms with Crippen molar-refractivity contribution in [2.75, 3.05) is 32.8 Å². The molecule has 1 heterocycles. The predicted octanol–water partition coefficient (Wildman–Crippen LogP) is 2.30. The number of nitro benzene ring substituents is 1. The molecule has 8 heteroatoms. The Kier molecular flexibility index (Phi) is 7.15. The van der Waals surface area contributed by atoms with E-state index in [2.05, 4.69) is 22.3 Å². The second-order valence-electron chi connectivity index (χ2n) is 7.03. The summed E-state index contributed by atoms with van der Waals surface area (Å²) in [5.74, 6) is -0.252. The number of carbonyl (C=O) groups is 1. The van der Waals surface area contributed by atoms with Crippen LogP contribution in [-0.2, 0) is 16.1 Å². The summed E-state index contributed by atoms with van der Waals surface area (Å²) in [6.07, 6.45) is -0.107. The molecule has 0 aliphatic carbocycles. The molecule has 0 radical (unpaired) electrons.